The maximum absolute atomic E-state index is 6.23. The van der Waals surface area contributed by atoms with E-state index < -0.39 is 0 Å². The molecule has 1 unspecified atom stereocenters. The molecule has 1 fully saturated rings. The molecule has 2 nitrogen and oxygen atoms in total. The highest BCUT2D eigenvalue weighted by molar-refractivity contribution is 5.29. The molecular formula is C15H23NO. The summed E-state index contributed by atoms with van der Waals surface area (Å²) in [5, 5.41) is 0. The van der Waals surface area contributed by atoms with Gasteiger partial charge in [0.2, 0.25) is 0 Å². The largest absolute Gasteiger partial charge is 0.377 e. The van der Waals surface area contributed by atoms with E-state index in [-0.39, 0.29) is 11.6 Å². The highest BCUT2D eigenvalue weighted by atomic mass is 16.5. The van der Waals surface area contributed by atoms with Crippen molar-refractivity contribution in [2.45, 2.75) is 50.7 Å². The second-order valence-electron chi connectivity index (χ2n) is 5.58. The lowest BCUT2D eigenvalue weighted by atomic mass is 9.79. The molecule has 94 valence electrons. The Bertz CT molecular complexity index is 365. The summed E-state index contributed by atoms with van der Waals surface area (Å²) >= 11 is 0. The molecule has 0 aromatic heterocycles. The third kappa shape index (κ3) is 2.53. The molecule has 0 saturated heterocycles. The van der Waals surface area contributed by atoms with Crippen molar-refractivity contribution in [3.8, 4) is 0 Å². The number of ether oxygens (including phenoxy) is 1. The van der Waals surface area contributed by atoms with Gasteiger partial charge in [-0.1, -0.05) is 30.7 Å². The minimum Gasteiger partial charge on any atom is -0.377 e. The Balaban J connectivity index is 2.11. The number of benzene rings is 1. The molecule has 2 N–H and O–H groups in total. The van der Waals surface area contributed by atoms with Gasteiger partial charge in [-0.15, -0.1) is 0 Å². The van der Waals surface area contributed by atoms with Gasteiger partial charge in [-0.05, 0) is 43.7 Å². The minimum atomic E-state index is -0.321. The van der Waals surface area contributed by atoms with Crippen LogP contribution in [0.4, 0.5) is 0 Å². The van der Waals surface area contributed by atoms with Gasteiger partial charge in [0.05, 0.1) is 11.6 Å². The van der Waals surface area contributed by atoms with Crippen molar-refractivity contribution in [1.29, 1.82) is 0 Å². The lowest BCUT2D eigenvalue weighted by molar-refractivity contribution is -0.0000367. The van der Waals surface area contributed by atoms with Crippen molar-refractivity contribution >= 4 is 0 Å². The van der Waals surface area contributed by atoms with E-state index in [1.807, 2.05) is 13.8 Å². The highest BCUT2D eigenvalue weighted by Crippen LogP contribution is 2.37. The zero-order chi connectivity index (χ0) is 12.5. The van der Waals surface area contributed by atoms with Gasteiger partial charge >= 0.3 is 0 Å². The van der Waals surface area contributed by atoms with Gasteiger partial charge in [-0.2, -0.15) is 0 Å². The second-order valence-corrected chi connectivity index (χ2v) is 5.58. The Kier molecular flexibility index (Phi) is 3.55. The molecule has 0 bridgehead atoms. The molecule has 0 radical (unpaired) electrons. The Morgan fingerprint density at radius 2 is 1.82 bits per heavy atom. The lowest BCUT2D eigenvalue weighted by Gasteiger charge is -2.31. The van der Waals surface area contributed by atoms with Crippen LogP contribution in [0.2, 0.25) is 0 Å². The molecule has 17 heavy (non-hydrogen) atoms. The number of hydrogen-bond acceptors (Lipinski definition) is 2. The van der Waals surface area contributed by atoms with Crippen molar-refractivity contribution in [2.75, 3.05) is 7.11 Å². The van der Waals surface area contributed by atoms with Crippen LogP contribution in [-0.4, -0.2) is 12.7 Å². The van der Waals surface area contributed by atoms with E-state index in [0.717, 1.165) is 11.5 Å². The van der Waals surface area contributed by atoms with Gasteiger partial charge in [0.25, 0.3) is 0 Å². The van der Waals surface area contributed by atoms with Crippen molar-refractivity contribution in [3.63, 3.8) is 0 Å². The number of nitrogens with two attached hydrogens (primary N) is 1. The summed E-state index contributed by atoms with van der Waals surface area (Å²) in [6, 6.07) is 8.68. The molecule has 1 atom stereocenters. The summed E-state index contributed by atoms with van der Waals surface area (Å²) in [4.78, 5) is 0. The fourth-order valence-corrected chi connectivity index (χ4v) is 2.25. The van der Waals surface area contributed by atoms with Gasteiger partial charge in [-0.25, -0.2) is 0 Å². The lowest BCUT2D eigenvalue weighted by Crippen LogP contribution is -2.37. The standard InChI is InChI=1S/C15H23NO/c1-15(2,17-3)14(16)13-9-7-12(8-10-13)11-5-4-6-11/h7-11,14H,4-6,16H2,1-3H3. The van der Waals surface area contributed by atoms with E-state index in [1.165, 1.54) is 24.8 Å². The predicted molar refractivity (Wildman–Crippen MR) is 71.1 cm³/mol. The zero-order valence-electron chi connectivity index (χ0n) is 11.1. The fourth-order valence-electron chi connectivity index (χ4n) is 2.25. The van der Waals surface area contributed by atoms with Gasteiger partial charge in [0.1, 0.15) is 0 Å². The Morgan fingerprint density at radius 3 is 2.24 bits per heavy atom. The van der Waals surface area contributed by atoms with E-state index >= 15 is 0 Å². The predicted octanol–water partition coefficient (Wildman–Crippen LogP) is 3.38. The topological polar surface area (TPSA) is 35.2 Å². The molecule has 1 aliphatic rings. The van der Waals surface area contributed by atoms with E-state index in [0.29, 0.717) is 0 Å². The average Bonchev–Trinajstić information content (AvgIpc) is 2.27. The van der Waals surface area contributed by atoms with Crippen LogP contribution in [-0.2, 0) is 4.74 Å². The molecule has 0 aliphatic heterocycles. The van der Waals surface area contributed by atoms with E-state index in [4.69, 9.17) is 10.5 Å². The smallest absolute Gasteiger partial charge is 0.0814 e. The van der Waals surface area contributed by atoms with Gasteiger partial charge in [0.15, 0.2) is 0 Å². The highest BCUT2D eigenvalue weighted by Gasteiger charge is 2.27. The van der Waals surface area contributed by atoms with Crippen molar-refractivity contribution in [2.24, 2.45) is 5.73 Å². The molecule has 1 aromatic carbocycles. The molecule has 2 heteroatoms. The molecular weight excluding hydrogens is 210 g/mol. The third-order valence-electron chi connectivity index (χ3n) is 4.15. The van der Waals surface area contributed by atoms with Crippen LogP contribution in [0, 0.1) is 0 Å². The molecule has 1 aliphatic carbocycles. The minimum absolute atomic E-state index is 0.0806. The van der Waals surface area contributed by atoms with Gasteiger partial charge in [-0.3, -0.25) is 0 Å². The van der Waals surface area contributed by atoms with Crippen LogP contribution in [0.1, 0.15) is 56.2 Å². The molecule has 1 saturated carbocycles. The first kappa shape index (κ1) is 12.6. The molecule has 0 heterocycles. The van der Waals surface area contributed by atoms with E-state index in [9.17, 15) is 0 Å². The van der Waals surface area contributed by atoms with Crippen LogP contribution >= 0.6 is 0 Å². The molecule has 2 rings (SSSR count). The van der Waals surface area contributed by atoms with Crippen LogP contribution < -0.4 is 5.73 Å². The second kappa shape index (κ2) is 4.79. The van der Waals surface area contributed by atoms with Crippen LogP contribution in [0.3, 0.4) is 0 Å². The summed E-state index contributed by atoms with van der Waals surface area (Å²) in [5.74, 6) is 0.788. The Hall–Kier alpha value is -0.860. The number of methoxy groups -OCH3 is 1. The Morgan fingerprint density at radius 1 is 1.24 bits per heavy atom. The average molecular weight is 233 g/mol. The zero-order valence-corrected chi connectivity index (χ0v) is 11.1. The number of hydrogen-bond donors (Lipinski definition) is 1. The molecule has 0 amide bonds. The maximum atomic E-state index is 6.23. The van der Waals surface area contributed by atoms with Crippen LogP contribution in [0.5, 0.6) is 0 Å². The maximum Gasteiger partial charge on any atom is 0.0814 e. The fraction of sp³-hybridized carbons (Fsp3) is 0.600. The van der Waals surface area contributed by atoms with Crippen LogP contribution in [0.15, 0.2) is 24.3 Å². The number of rotatable bonds is 4. The Labute approximate surface area is 104 Å². The normalized spacial score (nSPS) is 18.8. The van der Waals surface area contributed by atoms with E-state index in [1.54, 1.807) is 7.11 Å². The first-order valence-corrected chi connectivity index (χ1v) is 6.45. The van der Waals surface area contributed by atoms with E-state index in [2.05, 4.69) is 24.3 Å². The van der Waals surface area contributed by atoms with Gasteiger partial charge < -0.3 is 10.5 Å². The summed E-state index contributed by atoms with van der Waals surface area (Å²) in [6.45, 7) is 4.05. The van der Waals surface area contributed by atoms with Crippen LogP contribution in [0.25, 0.3) is 0 Å². The van der Waals surface area contributed by atoms with Crippen molar-refractivity contribution in [3.05, 3.63) is 35.4 Å². The summed E-state index contributed by atoms with van der Waals surface area (Å²) < 4.78 is 5.44. The molecule has 1 aromatic rings. The SMILES string of the molecule is COC(C)(C)C(N)c1ccc(C2CCC2)cc1. The van der Waals surface area contributed by atoms with Crippen molar-refractivity contribution < 1.29 is 4.74 Å². The molecule has 0 spiro atoms. The quantitative estimate of drug-likeness (QED) is 0.865. The summed E-state index contributed by atoms with van der Waals surface area (Å²) in [6.07, 6.45) is 4.06. The summed E-state index contributed by atoms with van der Waals surface area (Å²) in [7, 11) is 1.71. The van der Waals surface area contributed by atoms with Gasteiger partial charge in [0, 0.05) is 7.11 Å². The monoisotopic (exact) mass is 233 g/mol. The first-order chi connectivity index (χ1) is 8.04. The first-order valence-electron chi connectivity index (χ1n) is 6.45. The van der Waals surface area contributed by atoms with Crippen molar-refractivity contribution in [1.82, 2.24) is 0 Å². The summed E-state index contributed by atoms with van der Waals surface area (Å²) in [5.41, 5.74) is 8.52. The third-order valence-corrected chi connectivity index (χ3v) is 4.15.